The standard InChI is InChI=1S/C16H7ClF3N3O3/c17-8-3-1-2-4-9(8)23-13-7(5-6-10(21-13)16(18,19)20)11-12(14(23)24)26-15(25)22-11/h1-6H,(H,22,25). The molecule has 1 N–H and O–H groups in total. The van der Waals surface area contributed by atoms with Crippen LogP contribution in [0.5, 0.6) is 0 Å². The van der Waals surface area contributed by atoms with Crippen LogP contribution in [0.4, 0.5) is 13.2 Å². The molecule has 0 unspecified atom stereocenters. The van der Waals surface area contributed by atoms with Gasteiger partial charge >= 0.3 is 17.5 Å². The molecule has 0 bridgehead atoms. The van der Waals surface area contributed by atoms with Crippen molar-refractivity contribution in [1.82, 2.24) is 14.5 Å². The van der Waals surface area contributed by atoms with E-state index in [-0.39, 0.29) is 32.8 Å². The molecule has 4 aromatic rings. The Bertz CT molecular complexity index is 1290. The minimum Gasteiger partial charge on any atom is -0.402 e. The molecule has 0 aliphatic carbocycles. The summed E-state index contributed by atoms with van der Waals surface area (Å²) in [6.45, 7) is 0. The van der Waals surface area contributed by atoms with Crippen molar-refractivity contribution in [2.24, 2.45) is 0 Å². The Balaban J connectivity index is 2.26. The summed E-state index contributed by atoms with van der Waals surface area (Å²) in [5.74, 6) is -0.907. The zero-order chi connectivity index (χ0) is 18.6. The van der Waals surface area contributed by atoms with Crippen molar-refractivity contribution >= 4 is 33.7 Å². The number of H-pyrrole nitrogens is 1. The van der Waals surface area contributed by atoms with Gasteiger partial charge in [-0.2, -0.15) is 13.2 Å². The zero-order valence-corrected chi connectivity index (χ0v) is 13.4. The molecule has 10 heteroatoms. The van der Waals surface area contributed by atoms with Gasteiger partial charge in [-0.25, -0.2) is 9.78 Å². The maximum absolute atomic E-state index is 13.1. The highest BCUT2D eigenvalue weighted by Crippen LogP contribution is 2.31. The highest BCUT2D eigenvalue weighted by atomic mass is 35.5. The lowest BCUT2D eigenvalue weighted by atomic mass is 10.2. The van der Waals surface area contributed by atoms with Crippen molar-refractivity contribution < 1.29 is 17.6 Å². The smallest absolute Gasteiger partial charge is 0.402 e. The van der Waals surface area contributed by atoms with Crippen molar-refractivity contribution in [3.63, 3.8) is 0 Å². The lowest BCUT2D eigenvalue weighted by Crippen LogP contribution is -2.21. The summed E-state index contributed by atoms with van der Waals surface area (Å²) in [5, 5.41) is 0.228. The average molecular weight is 382 g/mol. The summed E-state index contributed by atoms with van der Waals surface area (Å²) in [6.07, 6.45) is -4.71. The van der Waals surface area contributed by atoms with Crippen molar-refractivity contribution in [2.45, 2.75) is 6.18 Å². The van der Waals surface area contributed by atoms with Crippen LogP contribution in [-0.2, 0) is 6.18 Å². The van der Waals surface area contributed by atoms with Crippen LogP contribution in [0, 0.1) is 0 Å². The minimum absolute atomic E-state index is 0.0282. The van der Waals surface area contributed by atoms with Crippen LogP contribution < -0.4 is 11.3 Å². The number of oxazole rings is 1. The molecule has 0 saturated carbocycles. The molecule has 0 atom stereocenters. The topological polar surface area (TPSA) is 80.9 Å². The van der Waals surface area contributed by atoms with Gasteiger partial charge in [0.2, 0.25) is 5.58 Å². The Morgan fingerprint density at radius 3 is 2.54 bits per heavy atom. The first kappa shape index (κ1) is 16.4. The number of hydrogen-bond donors (Lipinski definition) is 1. The number of alkyl halides is 3. The lowest BCUT2D eigenvalue weighted by Gasteiger charge is -2.13. The predicted molar refractivity (Wildman–Crippen MR) is 87.7 cm³/mol. The third kappa shape index (κ3) is 2.39. The molecule has 0 saturated heterocycles. The molecule has 26 heavy (non-hydrogen) atoms. The van der Waals surface area contributed by atoms with Gasteiger partial charge in [0.25, 0.3) is 0 Å². The van der Waals surface area contributed by atoms with E-state index in [0.29, 0.717) is 0 Å². The van der Waals surface area contributed by atoms with E-state index in [9.17, 15) is 22.8 Å². The Morgan fingerprint density at radius 2 is 1.85 bits per heavy atom. The summed E-state index contributed by atoms with van der Waals surface area (Å²) in [5.41, 5.74) is -2.59. The Hall–Kier alpha value is -3.07. The van der Waals surface area contributed by atoms with Gasteiger partial charge in [0.1, 0.15) is 16.9 Å². The molecule has 4 rings (SSSR count). The lowest BCUT2D eigenvalue weighted by molar-refractivity contribution is -0.141. The van der Waals surface area contributed by atoms with E-state index in [0.717, 1.165) is 16.7 Å². The van der Waals surface area contributed by atoms with Crippen LogP contribution in [0.2, 0.25) is 5.02 Å². The van der Waals surface area contributed by atoms with E-state index in [4.69, 9.17) is 16.0 Å². The highest BCUT2D eigenvalue weighted by molar-refractivity contribution is 6.32. The number of aromatic nitrogens is 3. The SMILES string of the molecule is O=c1[nH]c2c(o1)c(=O)n(-c1ccccc1Cl)c1nc(C(F)(F)F)ccc21. The Kier molecular flexibility index (Phi) is 3.45. The Labute approximate surface area is 146 Å². The zero-order valence-electron chi connectivity index (χ0n) is 12.6. The predicted octanol–water partition coefficient (Wildman–Crippen LogP) is 3.49. The summed E-state index contributed by atoms with van der Waals surface area (Å²) < 4.78 is 45.1. The molecule has 6 nitrogen and oxygen atoms in total. The van der Waals surface area contributed by atoms with Crippen LogP contribution >= 0.6 is 11.6 Å². The van der Waals surface area contributed by atoms with Crippen LogP contribution in [0.1, 0.15) is 5.69 Å². The number of rotatable bonds is 1. The summed E-state index contributed by atoms with van der Waals surface area (Å²) in [6, 6.07) is 7.95. The average Bonchev–Trinajstić information content (AvgIpc) is 2.97. The molecule has 0 spiro atoms. The number of fused-ring (bicyclic) bond motifs is 3. The van der Waals surface area contributed by atoms with Crippen LogP contribution in [0.3, 0.4) is 0 Å². The number of nitrogens with one attached hydrogen (secondary N) is 1. The van der Waals surface area contributed by atoms with Crippen LogP contribution in [0.15, 0.2) is 50.4 Å². The molecular formula is C16H7ClF3N3O3. The summed E-state index contributed by atoms with van der Waals surface area (Å²) in [4.78, 5) is 30.2. The van der Waals surface area contributed by atoms with E-state index in [1.165, 1.54) is 12.1 Å². The van der Waals surface area contributed by atoms with E-state index in [1.807, 2.05) is 0 Å². The molecule has 0 amide bonds. The van der Waals surface area contributed by atoms with Gasteiger partial charge in [-0.3, -0.25) is 14.3 Å². The second-order valence-electron chi connectivity index (χ2n) is 5.38. The molecule has 1 aromatic carbocycles. The number of nitrogens with zero attached hydrogens (tertiary/aromatic N) is 2. The normalized spacial score (nSPS) is 12.2. The number of para-hydroxylation sites is 1. The molecule has 0 aliphatic rings. The van der Waals surface area contributed by atoms with Gasteiger partial charge < -0.3 is 4.42 Å². The van der Waals surface area contributed by atoms with Crippen molar-refractivity contribution in [2.75, 3.05) is 0 Å². The maximum atomic E-state index is 13.1. The summed E-state index contributed by atoms with van der Waals surface area (Å²) >= 11 is 6.11. The third-order valence-corrected chi connectivity index (χ3v) is 4.11. The van der Waals surface area contributed by atoms with E-state index in [2.05, 4.69) is 9.97 Å². The number of benzene rings is 1. The monoisotopic (exact) mass is 381 g/mol. The van der Waals surface area contributed by atoms with Crippen LogP contribution in [0.25, 0.3) is 27.8 Å². The number of pyridine rings is 2. The highest BCUT2D eigenvalue weighted by Gasteiger charge is 2.33. The number of halogens is 4. The van der Waals surface area contributed by atoms with Gasteiger partial charge in [0.05, 0.1) is 10.7 Å². The van der Waals surface area contributed by atoms with Crippen molar-refractivity contribution in [3.05, 3.63) is 68.0 Å². The quantitative estimate of drug-likeness (QED) is 0.547. The second kappa shape index (κ2) is 5.46. The molecule has 0 radical (unpaired) electrons. The van der Waals surface area contributed by atoms with Crippen molar-refractivity contribution in [1.29, 1.82) is 0 Å². The first-order chi connectivity index (χ1) is 12.3. The van der Waals surface area contributed by atoms with Gasteiger partial charge in [-0.05, 0) is 24.3 Å². The fourth-order valence-corrected chi connectivity index (χ4v) is 2.91. The van der Waals surface area contributed by atoms with Crippen LogP contribution in [-0.4, -0.2) is 14.5 Å². The second-order valence-corrected chi connectivity index (χ2v) is 5.78. The van der Waals surface area contributed by atoms with E-state index >= 15 is 0 Å². The van der Waals surface area contributed by atoms with Gasteiger partial charge in [0, 0.05) is 5.39 Å². The fourth-order valence-electron chi connectivity index (χ4n) is 2.69. The number of aromatic amines is 1. The molecule has 132 valence electrons. The minimum atomic E-state index is -4.71. The van der Waals surface area contributed by atoms with Gasteiger partial charge in [0.15, 0.2) is 0 Å². The molecule has 3 heterocycles. The Morgan fingerprint density at radius 1 is 1.12 bits per heavy atom. The van der Waals surface area contributed by atoms with Gasteiger partial charge in [-0.15, -0.1) is 0 Å². The third-order valence-electron chi connectivity index (χ3n) is 3.79. The number of hydrogen-bond acceptors (Lipinski definition) is 4. The molecule has 3 aromatic heterocycles. The fraction of sp³-hybridized carbons (Fsp3) is 0.0625. The van der Waals surface area contributed by atoms with Gasteiger partial charge in [-0.1, -0.05) is 23.7 Å². The summed E-state index contributed by atoms with van der Waals surface area (Å²) in [7, 11) is 0. The first-order valence-corrected chi connectivity index (χ1v) is 7.56. The largest absolute Gasteiger partial charge is 0.433 e. The molecular weight excluding hydrogens is 375 g/mol. The van der Waals surface area contributed by atoms with Crippen molar-refractivity contribution in [3.8, 4) is 5.69 Å². The maximum Gasteiger partial charge on any atom is 0.433 e. The first-order valence-electron chi connectivity index (χ1n) is 7.18. The molecule has 0 fully saturated rings. The molecule has 0 aliphatic heterocycles. The van der Waals surface area contributed by atoms with E-state index < -0.39 is 23.2 Å². The van der Waals surface area contributed by atoms with E-state index in [1.54, 1.807) is 12.1 Å².